The van der Waals surface area contributed by atoms with Crippen LogP contribution in [-0.4, -0.2) is 0 Å². The van der Waals surface area contributed by atoms with Crippen molar-refractivity contribution < 1.29 is 13.2 Å². The van der Waals surface area contributed by atoms with Gasteiger partial charge in [0.05, 0.1) is 15.6 Å². The summed E-state index contributed by atoms with van der Waals surface area (Å²) in [5, 5.41) is 3.93. The van der Waals surface area contributed by atoms with E-state index >= 15 is 0 Å². The molecule has 2 aromatic carbocycles. The highest BCUT2D eigenvalue weighted by molar-refractivity contribution is 6.37. The van der Waals surface area contributed by atoms with Crippen LogP contribution in [0.15, 0.2) is 49.6 Å². The lowest BCUT2D eigenvalue weighted by Gasteiger charge is -2.15. The lowest BCUT2D eigenvalue weighted by Crippen LogP contribution is -2.12. The van der Waals surface area contributed by atoms with Crippen LogP contribution in [0.5, 0.6) is 0 Å². The first-order valence-corrected chi connectivity index (χ1v) is 8.65. The van der Waals surface area contributed by atoms with Crippen molar-refractivity contribution in [2.45, 2.75) is 26.1 Å². The van der Waals surface area contributed by atoms with Crippen molar-refractivity contribution in [3.8, 4) is 0 Å². The normalized spacial score (nSPS) is 11.3. The van der Waals surface area contributed by atoms with Crippen LogP contribution in [0.2, 0.25) is 10.0 Å². The van der Waals surface area contributed by atoms with E-state index in [1.54, 1.807) is 18.2 Å². The fourth-order valence-corrected chi connectivity index (χ4v) is 3.18. The Balaban J connectivity index is 2.15. The lowest BCUT2D eigenvalue weighted by atomic mass is 10.0. The van der Waals surface area contributed by atoms with E-state index in [2.05, 4.69) is 18.5 Å². The first-order valence-electron chi connectivity index (χ1n) is 7.90. The third kappa shape index (κ3) is 4.83. The number of allylic oxidation sites excluding steroid dienone is 1. The average Bonchev–Trinajstić information content (AvgIpc) is 2.58. The van der Waals surface area contributed by atoms with E-state index in [0.717, 1.165) is 17.7 Å². The SMILES string of the molecule is C=C(NCc1cccc(C(F)(F)F)c1)c1cc(Cl)c(C(=C)CC)c(Cl)c1. The molecule has 0 aliphatic carbocycles. The van der Waals surface area contributed by atoms with Crippen molar-refractivity contribution in [3.63, 3.8) is 0 Å². The number of halogens is 5. The summed E-state index contributed by atoms with van der Waals surface area (Å²) in [5.41, 5.74) is 2.52. The van der Waals surface area contributed by atoms with Gasteiger partial charge in [-0.05, 0) is 47.4 Å². The van der Waals surface area contributed by atoms with Gasteiger partial charge < -0.3 is 5.32 Å². The molecule has 2 aromatic rings. The minimum Gasteiger partial charge on any atom is -0.381 e. The van der Waals surface area contributed by atoms with E-state index in [1.807, 2.05) is 6.92 Å². The van der Waals surface area contributed by atoms with Gasteiger partial charge in [0.25, 0.3) is 0 Å². The number of benzene rings is 2. The molecule has 2 rings (SSSR count). The second-order valence-electron chi connectivity index (χ2n) is 5.80. The fourth-order valence-electron chi connectivity index (χ4n) is 2.43. The molecule has 0 aliphatic rings. The molecular weight excluding hydrogens is 382 g/mol. The minimum absolute atomic E-state index is 0.196. The zero-order valence-electron chi connectivity index (χ0n) is 14.2. The second kappa shape index (κ2) is 8.19. The maximum Gasteiger partial charge on any atom is 0.416 e. The summed E-state index contributed by atoms with van der Waals surface area (Å²) in [6.45, 7) is 10.0. The maximum absolute atomic E-state index is 12.8. The van der Waals surface area contributed by atoms with E-state index in [0.29, 0.717) is 38.9 Å². The Morgan fingerprint density at radius 2 is 1.69 bits per heavy atom. The molecule has 0 aliphatic heterocycles. The molecule has 0 saturated heterocycles. The highest BCUT2D eigenvalue weighted by Gasteiger charge is 2.30. The number of nitrogens with one attached hydrogen (secondary N) is 1. The maximum atomic E-state index is 12.8. The Kier molecular flexibility index (Phi) is 6.43. The second-order valence-corrected chi connectivity index (χ2v) is 6.62. The van der Waals surface area contributed by atoms with Gasteiger partial charge in [0.2, 0.25) is 0 Å². The summed E-state index contributed by atoms with van der Waals surface area (Å²) in [5.74, 6) is 0. The quantitative estimate of drug-likeness (QED) is 0.541. The summed E-state index contributed by atoms with van der Waals surface area (Å²) in [7, 11) is 0. The van der Waals surface area contributed by atoms with Crippen molar-refractivity contribution in [3.05, 3.63) is 81.9 Å². The van der Waals surface area contributed by atoms with E-state index < -0.39 is 11.7 Å². The molecule has 6 heteroatoms. The third-order valence-electron chi connectivity index (χ3n) is 3.93. The van der Waals surface area contributed by atoms with Crippen LogP contribution in [-0.2, 0) is 12.7 Å². The first kappa shape index (κ1) is 20.4. The van der Waals surface area contributed by atoms with Gasteiger partial charge in [-0.15, -0.1) is 0 Å². The van der Waals surface area contributed by atoms with Gasteiger partial charge in [-0.25, -0.2) is 0 Å². The molecule has 0 fully saturated rings. The highest BCUT2D eigenvalue weighted by atomic mass is 35.5. The van der Waals surface area contributed by atoms with Crippen molar-refractivity contribution in [1.29, 1.82) is 0 Å². The zero-order chi connectivity index (χ0) is 19.5. The molecule has 0 unspecified atom stereocenters. The van der Waals surface area contributed by atoms with Crippen LogP contribution in [0.4, 0.5) is 13.2 Å². The Labute approximate surface area is 161 Å². The van der Waals surface area contributed by atoms with Crippen LogP contribution in [0.1, 0.15) is 35.6 Å². The number of alkyl halides is 3. The lowest BCUT2D eigenvalue weighted by molar-refractivity contribution is -0.137. The largest absolute Gasteiger partial charge is 0.416 e. The van der Waals surface area contributed by atoms with E-state index in [-0.39, 0.29) is 6.54 Å². The highest BCUT2D eigenvalue weighted by Crippen LogP contribution is 2.34. The number of rotatable bonds is 6. The zero-order valence-corrected chi connectivity index (χ0v) is 15.7. The van der Waals surface area contributed by atoms with Gasteiger partial charge in [0, 0.05) is 17.8 Å². The van der Waals surface area contributed by atoms with E-state index in [4.69, 9.17) is 23.2 Å². The molecule has 0 radical (unpaired) electrons. The van der Waals surface area contributed by atoms with Gasteiger partial charge in [-0.2, -0.15) is 13.2 Å². The molecule has 0 atom stereocenters. The van der Waals surface area contributed by atoms with E-state index in [1.165, 1.54) is 6.07 Å². The Morgan fingerprint density at radius 1 is 1.08 bits per heavy atom. The summed E-state index contributed by atoms with van der Waals surface area (Å²) < 4.78 is 38.3. The van der Waals surface area contributed by atoms with Crippen molar-refractivity contribution in [2.24, 2.45) is 0 Å². The van der Waals surface area contributed by atoms with Crippen molar-refractivity contribution in [1.82, 2.24) is 5.32 Å². The van der Waals surface area contributed by atoms with Gasteiger partial charge in [-0.1, -0.05) is 55.4 Å². The predicted octanol–water partition coefficient (Wildman–Crippen LogP) is 7.20. The molecular formula is C20H18Cl2F3N. The predicted molar refractivity (Wildman–Crippen MR) is 103 cm³/mol. The standard InChI is InChI=1S/C20H18Cl2F3N/c1-4-12(2)19-17(21)9-15(10-18(19)22)13(3)26-11-14-6-5-7-16(8-14)20(23,24)25/h5-10,26H,2-4,11H2,1H3. The Hall–Kier alpha value is -1.91. The van der Waals surface area contributed by atoms with Gasteiger partial charge >= 0.3 is 6.18 Å². The molecule has 0 heterocycles. The van der Waals surface area contributed by atoms with Crippen LogP contribution in [0.25, 0.3) is 11.3 Å². The summed E-state index contributed by atoms with van der Waals surface area (Å²) >= 11 is 12.6. The smallest absolute Gasteiger partial charge is 0.381 e. The summed E-state index contributed by atoms with van der Waals surface area (Å²) in [4.78, 5) is 0. The Morgan fingerprint density at radius 3 is 2.23 bits per heavy atom. The van der Waals surface area contributed by atoms with Gasteiger partial charge in [-0.3, -0.25) is 0 Å². The monoisotopic (exact) mass is 399 g/mol. The molecule has 26 heavy (non-hydrogen) atoms. The van der Waals surface area contributed by atoms with Gasteiger partial charge in [0.15, 0.2) is 0 Å². The minimum atomic E-state index is -4.37. The van der Waals surface area contributed by atoms with Crippen LogP contribution >= 0.6 is 23.2 Å². The van der Waals surface area contributed by atoms with Gasteiger partial charge in [0.1, 0.15) is 0 Å². The Bertz CT molecular complexity index is 818. The van der Waals surface area contributed by atoms with Crippen molar-refractivity contribution >= 4 is 34.5 Å². The topological polar surface area (TPSA) is 12.0 Å². The molecule has 0 spiro atoms. The van der Waals surface area contributed by atoms with Crippen LogP contribution in [0.3, 0.4) is 0 Å². The molecule has 0 saturated carbocycles. The van der Waals surface area contributed by atoms with Crippen LogP contribution in [0, 0.1) is 0 Å². The molecule has 0 amide bonds. The number of hydrogen-bond acceptors (Lipinski definition) is 1. The average molecular weight is 400 g/mol. The van der Waals surface area contributed by atoms with Crippen molar-refractivity contribution in [2.75, 3.05) is 0 Å². The third-order valence-corrected chi connectivity index (χ3v) is 4.53. The fraction of sp³-hybridized carbons (Fsp3) is 0.200. The van der Waals surface area contributed by atoms with E-state index in [9.17, 15) is 13.2 Å². The number of hydrogen-bond donors (Lipinski definition) is 1. The molecule has 0 bridgehead atoms. The van der Waals surface area contributed by atoms with Crippen LogP contribution < -0.4 is 5.32 Å². The molecule has 138 valence electrons. The first-order chi connectivity index (χ1) is 12.1. The summed E-state index contributed by atoms with van der Waals surface area (Å²) in [6, 6.07) is 8.56. The molecule has 1 nitrogen and oxygen atoms in total. The molecule has 0 aromatic heterocycles. The summed E-state index contributed by atoms with van der Waals surface area (Å²) in [6.07, 6.45) is -3.65. The molecule has 1 N–H and O–H groups in total.